The highest BCUT2D eigenvalue weighted by molar-refractivity contribution is 9.10. The van der Waals surface area contributed by atoms with E-state index in [2.05, 4.69) is 21.0 Å². The molecule has 0 saturated carbocycles. The average Bonchev–Trinajstić information content (AvgIpc) is 2.50. The van der Waals surface area contributed by atoms with Gasteiger partial charge in [0.1, 0.15) is 5.82 Å². The second kappa shape index (κ2) is 4.11. The molecule has 1 aromatic carbocycles. The molecular formula is C11H11BrClN3. The SMILES string of the molecule is Cc1c(-c2ccc(Cl)c(Br)c2)nn(C)c1N. The van der Waals surface area contributed by atoms with Crippen LogP contribution in [-0.2, 0) is 7.05 Å². The highest BCUT2D eigenvalue weighted by Gasteiger charge is 2.12. The van der Waals surface area contributed by atoms with E-state index in [0.717, 1.165) is 21.3 Å². The summed E-state index contributed by atoms with van der Waals surface area (Å²) in [6, 6.07) is 5.71. The van der Waals surface area contributed by atoms with Gasteiger partial charge >= 0.3 is 0 Å². The van der Waals surface area contributed by atoms with E-state index in [9.17, 15) is 0 Å². The first kappa shape index (κ1) is 11.5. The predicted octanol–water partition coefficient (Wildman–Crippen LogP) is 3.39. The highest BCUT2D eigenvalue weighted by atomic mass is 79.9. The van der Waals surface area contributed by atoms with E-state index in [0.29, 0.717) is 10.8 Å². The third-order valence-corrected chi connectivity index (χ3v) is 3.75. The maximum atomic E-state index is 5.95. The number of aromatic nitrogens is 2. The van der Waals surface area contributed by atoms with E-state index >= 15 is 0 Å². The van der Waals surface area contributed by atoms with Crippen LogP contribution in [0.25, 0.3) is 11.3 Å². The van der Waals surface area contributed by atoms with Gasteiger partial charge in [-0.15, -0.1) is 0 Å². The Hall–Kier alpha value is -1.00. The molecule has 0 amide bonds. The Morgan fingerprint density at radius 2 is 2.12 bits per heavy atom. The minimum absolute atomic E-state index is 0.682. The number of halogens is 2. The Kier molecular flexibility index (Phi) is 2.95. The Morgan fingerprint density at radius 3 is 2.62 bits per heavy atom. The van der Waals surface area contributed by atoms with Gasteiger partial charge < -0.3 is 5.73 Å². The van der Waals surface area contributed by atoms with E-state index in [4.69, 9.17) is 17.3 Å². The molecule has 2 rings (SSSR count). The molecule has 2 N–H and O–H groups in total. The molecule has 1 heterocycles. The van der Waals surface area contributed by atoms with Crippen LogP contribution in [0.3, 0.4) is 0 Å². The van der Waals surface area contributed by atoms with Crippen molar-refractivity contribution in [2.45, 2.75) is 6.92 Å². The summed E-state index contributed by atoms with van der Waals surface area (Å²) in [6.07, 6.45) is 0. The maximum absolute atomic E-state index is 5.95. The highest BCUT2D eigenvalue weighted by Crippen LogP contribution is 2.31. The summed E-state index contributed by atoms with van der Waals surface area (Å²) in [7, 11) is 1.83. The Balaban J connectivity index is 2.59. The first-order valence-corrected chi connectivity index (χ1v) is 5.92. The normalized spacial score (nSPS) is 10.8. The van der Waals surface area contributed by atoms with Crippen LogP contribution in [-0.4, -0.2) is 9.78 Å². The van der Waals surface area contributed by atoms with Crippen molar-refractivity contribution in [1.82, 2.24) is 9.78 Å². The summed E-state index contributed by atoms with van der Waals surface area (Å²) in [5.74, 6) is 0.682. The van der Waals surface area contributed by atoms with Gasteiger partial charge in [0.25, 0.3) is 0 Å². The van der Waals surface area contributed by atoms with Crippen LogP contribution in [0.4, 0.5) is 5.82 Å². The molecule has 0 unspecified atom stereocenters. The van der Waals surface area contributed by atoms with Crippen molar-refractivity contribution in [2.75, 3.05) is 5.73 Å². The van der Waals surface area contributed by atoms with Gasteiger partial charge in [-0.1, -0.05) is 17.7 Å². The molecule has 0 radical (unpaired) electrons. The molecule has 84 valence electrons. The van der Waals surface area contributed by atoms with E-state index in [-0.39, 0.29) is 0 Å². The Labute approximate surface area is 107 Å². The lowest BCUT2D eigenvalue weighted by Gasteiger charge is -2.01. The van der Waals surface area contributed by atoms with E-state index < -0.39 is 0 Å². The Bertz CT molecular complexity index is 548. The second-order valence-electron chi connectivity index (χ2n) is 3.61. The number of nitrogen functional groups attached to an aromatic ring is 1. The topological polar surface area (TPSA) is 43.8 Å². The zero-order chi connectivity index (χ0) is 11.9. The molecule has 3 nitrogen and oxygen atoms in total. The van der Waals surface area contributed by atoms with Crippen LogP contribution < -0.4 is 5.73 Å². The Morgan fingerprint density at radius 1 is 1.44 bits per heavy atom. The molecule has 1 aromatic heterocycles. The third-order valence-electron chi connectivity index (χ3n) is 2.53. The van der Waals surface area contributed by atoms with Gasteiger partial charge in [0.15, 0.2) is 0 Å². The van der Waals surface area contributed by atoms with Crippen molar-refractivity contribution in [1.29, 1.82) is 0 Å². The van der Waals surface area contributed by atoms with Crippen molar-refractivity contribution < 1.29 is 0 Å². The van der Waals surface area contributed by atoms with Gasteiger partial charge in [0.2, 0.25) is 0 Å². The average molecular weight is 301 g/mol. The van der Waals surface area contributed by atoms with Gasteiger partial charge in [-0.2, -0.15) is 5.10 Å². The number of hydrogen-bond donors (Lipinski definition) is 1. The fraction of sp³-hybridized carbons (Fsp3) is 0.182. The summed E-state index contributed by atoms with van der Waals surface area (Å²) in [6.45, 7) is 1.96. The van der Waals surface area contributed by atoms with Crippen molar-refractivity contribution in [2.24, 2.45) is 7.05 Å². The lowest BCUT2D eigenvalue weighted by molar-refractivity contribution is 0.782. The van der Waals surface area contributed by atoms with Crippen LogP contribution >= 0.6 is 27.5 Å². The molecule has 0 atom stereocenters. The number of anilines is 1. The number of hydrogen-bond acceptors (Lipinski definition) is 2. The summed E-state index contributed by atoms with van der Waals surface area (Å²) < 4.78 is 2.53. The van der Waals surface area contributed by atoms with Gasteiger partial charge in [-0.3, -0.25) is 4.68 Å². The van der Waals surface area contributed by atoms with E-state index in [1.807, 2.05) is 32.2 Å². The first-order valence-electron chi connectivity index (χ1n) is 4.75. The standard InChI is InChI=1S/C11H11BrClN3/c1-6-10(15-16(2)11(6)14)7-3-4-9(13)8(12)5-7/h3-5H,14H2,1-2H3. The summed E-state index contributed by atoms with van der Waals surface area (Å²) in [5.41, 5.74) is 8.74. The lowest BCUT2D eigenvalue weighted by Crippen LogP contribution is -1.97. The number of aryl methyl sites for hydroxylation is 1. The summed E-state index contributed by atoms with van der Waals surface area (Å²) >= 11 is 9.34. The molecule has 0 bridgehead atoms. The van der Waals surface area contributed by atoms with Crippen LogP contribution in [0.15, 0.2) is 22.7 Å². The van der Waals surface area contributed by atoms with Gasteiger partial charge in [-0.25, -0.2) is 0 Å². The molecule has 2 aromatic rings. The van der Waals surface area contributed by atoms with E-state index in [1.54, 1.807) is 4.68 Å². The minimum atomic E-state index is 0.682. The largest absolute Gasteiger partial charge is 0.384 e. The predicted molar refractivity (Wildman–Crippen MR) is 70.5 cm³/mol. The quantitative estimate of drug-likeness (QED) is 0.877. The molecule has 0 aliphatic carbocycles. The number of nitrogens with two attached hydrogens (primary N) is 1. The van der Waals surface area contributed by atoms with Crippen molar-refractivity contribution >= 4 is 33.3 Å². The third kappa shape index (κ3) is 1.83. The van der Waals surface area contributed by atoms with E-state index in [1.165, 1.54) is 0 Å². The van der Waals surface area contributed by atoms with Crippen LogP contribution in [0.2, 0.25) is 5.02 Å². The summed E-state index contributed by atoms with van der Waals surface area (Å²) in [4.78, 5) is 0. The molecule has 0 spiro atoms. The molecule has 5 heteroatoms. The van der Waals surface area contributed by atoms with Crippen molar-refractivity contribution in [3.63, 3.8) is 0 Å². The van der Waals surface area contributed by atoms with Crippen molar-refractivity contribution in [3.8, 4) is 11.3 Å². The maximum Gasteiger partial charge on any atom is 0.124 e. The molecule has 0 fully saturated rings. The molecule has 0 aliphatic rings. The lowest BCUT2D eigenvalue weighted by atomic mass is 10.1. The van der Waals surface area contributed by atoms with Gasteiger partial charge in [-0.05, 0) is 35.0 Å². The van der Waals surface area contributed by atoms with Gasteiger partial charge in [0, 0.05) is 22.6 Å². The molecular weight excluding hydrogens is 289 g/mol. The zero-order valence-corrected chi connectivity index (χ0v) is 11.3. The monoisotopic (exact) mass is 299 g/mol. The minimum Gasteiger partial charge on any atom is -0.384 e. The fourth-order valence-electron chi connectivity index (χ4n) is 1.56. The fourth-order valence-corrected chi connectivity index (χ4v) is 2.06. The second-order valence-corrected chi connectivity index (χ2v) is 4.87. The van der Waals surface area contributed by atoms with Crippen LogP contribution in [0.1, 0.15) is 5.56 Å². The summed E-state index contributed by atoms with van der Waals surface area (Å²) in [5, 5.41) is 5.06. The first-order chi connectivity index (χ1) is 7.50. The van der Waals surface area contributed by atoms with Crippen LogP contribution in [0.5, 0.6) is 0 Å². The smallest absolute Gasteiger partial charge is 0.124 e. The number of benzene rings is 1. The molecule has 0 aliphatic heterocycles. The number of nitrogens with zero attached hydrogens (tertiary/aromatic N) is 2. The molecule has 16 heavy (non-hydrogen) atoms. The van der Waals surface area contributed by atoms with Crippen molar-refractivity contribution in [3.05, 3.63) is 33.3 Å². The van der Waals surface area contributed by atoms with Gasteiger partial charge in [0.05, 0.1) is 10.7 Å². The zero-order valence-electron chi connectivity index (χ0n) is 8.96. The number of rotatable bonds is 1. The molecule has 0 saturated heterocycles. The van der Waals surface area contributed by atoms with Crippen LogP contribution in [0, 0.1) is 6.92 Å².